The summed E-state index contributed by atoms with van der Waals surface area (Å²) >= 11 is 1.99. The predicted molar refractivity (Wildman–Crippen MR) is 87.0 cm³/mol. The lowest BCUT2D eigenvalue weighted by molar-refractivity contribution is 0.0827. The van der Waals surface area contributed by atoms with Gasteiger partial charge in [0.25, 0.3) is 0 Å². The van der Waals surface area contributed by atoms with Crippen LogP contribution in [0.1, 0.15) is 48.8 Å². The van der Waals surface area contributed by atoms with E-state index in [1.165, 1.54) is 56.6 Å². The molecule has 0 bridgehead atoms. The highest BCUT2D eigenvalue weighted by atomic mass is 32.1. The standard InChI is InChI=1S/C17H28N2S/c1-2-18-11-16-7-8-17(20-16)13-19-10-9-14-5-3-4-6-15(14)12-19/h7-8,14-15,18H,2-6,9-13H2,1H3. The van der Waals surface area contributed by atoms with Gasteiger partial charge in [0, 0.05) is 29.4 Å². The Kier molecular flexibility index (Phi) is 5.14. The molecule has 2 nitrogen and oxygen atoms in total. The van der Waals surface area contributed by atoms with E-state index in [0.29, 0.717) is 0 Å². The number of nitrogens with zero attached hydrogens (tertiary/aromatic N) is 1. The number of hydrogen-bond acceptors (Lipinski definition) is 3. The zero-order valence-corrected chi connectivity index (χ0v) is 13.6. The van der Waals surface area contributed by atoms with E-state index in [4.69, 9.17) is 0 Å². The molecule has 20 heavy (non-hydrogen) atoms. The van der Waals surface area contributed by atoms with Crippen molar-refractivity contribution in [2.75, 3.05) is 19.6 Å². The third-order valence-corrected chi connectivity index (χ3v) is 6.09. The normalized spacial score (nSPS) is 27.4. The number of rotatable bonds is 5. The topological polar surface area (TPSA) is 15.3 Å². The van der Waals surface area contributed by atoms with Crippen LogP contribution < -0.4 is 5.32 Å². The smallest absolute Gasteiger partial charge is 0.0328 e. The first kappa shape index (κ1) is 14.6. The van der Waals surface area contributed by atoms with E-state index in [0.717, 1.165) is 24.9 Å². The Hall–Kier alpha value is -0.380. The van der Waals surface area contributed by atoms with E-state index in [1.807, 2.05) is 11.3 Å². The van der Waals surface area contributed by atoms with Crippen molar-refractivity contribution < 1.29 is 0 Å². The Labute approximate surface area is 127 Å². The van der Waals surface area contributed by atoms with Gasteiger partial charge in [-0.25, -0.2) is 0 Å². The van der Waals surface area contributed by atoms with Gasteiger partial charge in [-0.15, -0.1) is 11.3 Å². The summed E-state index contributed by atoms with van der Waals surface area (Å²) < 4.78 is 0. The molecule has 3 rings (SSSR count). The van der Waals surface area contributed by atoms with Gasteiger partial charge in [0.15, 0.2) is 0 Å². The summed E-state index contributed by atoms with van der Waals surface area (Å²) in [4.78, 5) is 5.73. The molecule has 1 saturated heterocycles. The van der Waals surface area contributed by atoms with Crippen molar-refractivity contribution in [2.45, 2.75) is 52.1 Å². The SMILES string of the molecule is CCNCc1ccc(CN2CCC3CCCCC3C2)s1. The molecule has 1 aliphatic carbocycles. The third-order valence-electron chi connectivity index (χ3n) is 5.02. The van der Waals surface area contributed by atoms with Gasteiger partial charge in [-0.1, -0.05) is 26.2 Å². The highest BCUT2D eigenvalue weighted by Crippen LogP contribution is 2.36. The van der Waals surface area contributed by atoms with E-state index in [-0.39, 0.29) is 0 Å². The number of nitrogens with one attached hydrogen (secondary N) is 1. The number of hydrogen-bond donors (Lipinski definition) is 1. The van der Waals surface area contributed by atoms with Crippen molar-refractivity contribution in [1.82, 2.24) is 10.2 Å². The van der Waals surface area contributed by atoms with Crippen LogP contribution >= 0.6 is 11.3 Å². The largest absolute Gasteiger partial charge is 0.312 e. The molecule has 2 fully saturated rings. The summed E-state index contributed by atoms with van der Waals surface area (Å²) in [5.41, 5.74) is 0. The lowest BCUT2D eigenvalue weighted by Gasteiger charge is -2.41. The van der Waals surface area contributed by atoms with E-state index in [9.17, 15) is 0 Å². The van der Waals surface area contributed by atoms with E-state index >= 15 is 0 Å². The van der Waals surface area contributed by atoms with Gasteiger partial charge in [-0.2, -0.15) is 0 Å². The fraction of sp³-hybridized carbons (Fsp3) is 0.765. The molecule has 2 atom stereocenters. The molecule has 0 spiro atoms. The van der Waals surface area contributed by atoms with Crippen LogP contribution in [0.15, 0.2) is 12.1 Å². The molecule has 1 aromatic heterocycles. The van der Waals surface area contributed by atoms with Crippen molar-refractivity contribution in [2.24, 2.45) is 11.8 Å². The maximum absolute atomic E-state index is 3.42. The lowest BCUT2D eigenvalue weighted by Crippen LogP contribution is -2.41. The van der Waals surface area contributed by atoms with Gasteiger partial charge < -0.3 is 5.32 Å². The second-order valence-corrected chi connectivity index (χ2v) is 7.73. The van der Waals surface area contributed by atoms with Gasteiger partial charge in [-0.05, 0) is 49.9 Å². The van der Waals surface area contributed by atoms with Crippen LogP contribution in [0.25, 0.3) is 0 Å². The fourth-order valence-corrected chi connectivity index (χ4v) is 4.92. The fourth-order valence-electron chi connectivity index (χ4n) is 3.89. The Morgan fingerprint density at radius 3 is 2.80 bits per heavy atom. The highest BCUT2D eigenvalue weighted by molar-refractivity contribution is 7.11. The summed E-state index contributed by atoms with van der Waals surface area (Å²) in [6.45, 7) is 8.11. The van der Waals surface area contributed by atoms with Gasteiger partial charge in [-0.3, -0.25) is 4.90 Å². The molecular weight excluding hydrogens is 264 g/mol. The van der Waals surface area contributed by atoms with Crippen molar-refractivity contribution in [3.05, 3.63) is 21.9 Å². The molecular formula is C17H28N2S. The predicted octanol–water partition coefficient (Wildman–Crippen LogP) is 3.87. The molecule has 0 aromatic carbocycles. The average molecular weight is 292 g/mol. The molecule has 0 radical (unpaired) electrons. The second kappa shape index (κ2) is 7.06. The van der Waals surface area contributed by atoms with Crippen LogP contribution in [-0.2, 0) is 13.1 Å². The minimum atomic E-state index is 0.999. The van der Waals surface area contributed by atoms with Gasteiger partial charge in [0.05, 0.1) is 0 Å². The molecule has 1 saturated carbocycles. The van der Waals surface area contributed by atoms with Crippen molar-refractivity contribution in [3.8, 4) is 0 Å². The molecule has 2 heterocycles. The van der Waals surface area contributed by atoms with Crippen LogP contribution in [0.5, 0.6) is 0 Å². The number of fused-ring (bicyclic) bond motifs is 1. The molecule has 3 heteroatoms. The minimum Gasteiger partial charge on any atom is -0.312 e. The summed E-state index contributed by atoms with van der Waals surface area (Å²) in [6.07, 6.45) is 7.39. The van der Waals surface area contributed by atoms with Gasteiger partial charge in [0.2, 0.25) is 0 Å². The quantitative estimate of drug-likeness (QED) is 0.886. The van der Waals surface area contributed by atoms with Crippen molar-refractivity contribution >= 4 is 11.3 Å². The van der Waals surface area contributed by atoms with Gasteiger partial charge in [0.1, 0.15) is 0 Å². The Morgan fingerprint density at radius 1 is 1.15 bits per heavy atom. The lowest BCUT2D eigenvalue weighted by atomic mass is 9.75. The molecule has 2 unspecified atom stereocenters. The van der Waals surface area contributed by atoms with Crippen LogP contribution in [0.4, 0.5) is 0 Å². The van der Waals surface area contributed by atoms with Crippen LogP contribution in [0.2, 0.25) is 0 Å². The maximum atomic E-state index is 3.42. The second-order valence-electron chi connectivity index (χ2n) is 6.48. The zero-order chi connectivity index (χ0) is 13.8. The molecule has 1 aliphatic heterocycles. The molecule has 2 aliphatic rings. The summed E-state index contributed by atoms with van der Waals surface area (Å²) in [5.74, 6) is 2.05. The monoisotopic (exact) mass is 292 g/mol. The van der Waals surface area contributed by atoms with Crippen molar-refractivity contribution in [3.63, 3.8) is 0 Å². The molecule has 112 valence electrons. The number of thiophene rings is 1. The molecule has 0 amide bonds. The molecule has 1 aromatic rings. The maximum Gasteiger partial charge on any atom is 0.0328 e. The van der Waals surface area contributed by atoms with Crippen molar-refractivity contribution in [1.29, 1.82) is 0 Å². The molecule has 1 N–H and O–H groups in total. The Balaban J connectivity index is 1.51. The number of likely N-dealkylation sites (tertiary alicyclic amines) is 1. The first-order valence-corrected chi connectivity index (χ1v) is 9.17. The van der Waals surface area contributed by atoms with E-state index in [1.54, 1.807) is 4.88 Å². The summed E-state index contributed by atoms with van der Waals surface area (Å²) in [7, 11) is 0. The average Bonchev–Trinajstić information content (AvgIpc) is 2.92. The third kappa shape index (κ3) is 3.63. The minimum absolute atomic E-state index is 0.999. The van der Waals surface area contributed by atoms with E-state index in [2.05, 4.69) is 29.3 Å². The summed E-state index contributed by atoms with van der Waals surface area (Å²) in [5, 5.41) is 3.42. The van der Waals surface area contributed by atoms with Gasteiger partial charge >= 0.3 is 0 Å². The number of piperidine rings is 1. The van der Waals surface area contributed by atoms with Crippen LogP contribution in [-0.4, -0.2) is 24.5 Å². The van der Waals surface area contributed by atoms with Crippen LogP contribution in [0, 0.1) is 11.8 Å². The Bertz CT molecular complexity index is 415. The zero-order valence-electron chi connectivity index (χ0n) is 12.7. The van der Waals surface area contributed by atoms with Crippen LogP contribution in [0.3, 0.4) is 0 Å². The highest BCUT2D eigenvalue weighted by Gasteiger charge is 2.30. The summed E-state index contributed by atoms with van der Waals surface area (Å²) in [6, 6.07) is 4.64. The Morgan fingerprint density at radius 2 is 1.95 bits per heavy atom. The first-order valence-electron chi connectivity index (χ1n) is 8.36. The van der Waals surface area contributed by atoms with E-state index < -0.39 is 0 Å². The first-order chi connectivity index (χ1) is 9.85.